The lowest BCUT2D eigenvalue weighted by Gasteiger charge is -2.27. The molecule has 0 spiro atoms. The summed E-state index contributed by atoms with van der Waals surface area (Å²) in [4.78, 5) is 11.3. The molecule has 0 aromatic carbocycles. The molecule has 0 aliphatic carbocycles. The van der Waals surface area contributed by atoms with Crippen molar-refractivity contribution in [2.45, 2.75) is 26.1 Å². The predicted molar refractivity (Wildman–Crippen MR) is 50.3 cm³/mol. The summed E-state index contributed by atoms with van der Waals surface area (Å²) in [5.41, 5.74) is 1.90. The second kappa shape index (κ2) is 2.93. The molecular formula is C8H15NO2Si. The maximum absolute atomic E-state index is 11.3. The van der Waals surface area contributed by atoms with Gasteiger partial charge in [0.1, 0.15) is 6.10 Å². The summed E-state index contributed by atoms with van der Waals surface area (Å²) < 4.78 is 6.86. The van der Waals surface area contributed by atoms with Crippen molar-refractivity contribution in [2.24, 2.45) is 0 Å². The van der Waals surface area contributed by atoms with E-state index in [0.29, 0.717) is 6.54 Å². The molecule has 1 unspecified atom stereocenters. The van der Waals surface area contributed by atoms with Crippen molar-refractivity contribution in [3.8, 4) is 0 Å². The normalized spacial score (nSPS) is 24.1. The number of carbonyl (C=O) groups excluding carboxylic acids is 1. The van der Waals surface area contributed by atoms with Crippen LogP contribution in [0.15, 0.2) is 12.3 Å². The van der Waals surface area contributed by atoms with E-state index in [2.05, 4.69) is 19.7 Å². The third-order valence-electron chi connectivity index (χ3n) is 2.16. The maximum Gasteiger partial charge on any atom is 0.402 e. The Morgan fingerprint density at radius 2 is 2.33 bits per heavy atom. The van der Waals surface area contributed by atoms with E-state index in [1.54, 1.807) is 0 Å². The lowest BCUT2D eigenvalue weighted by atomic mass is 10.4. The third-order valence-corrected chi connectivity index (χ3v) is 4.91. The highest BCUT2D eigenvalue weighted by Gasteiger charge is 2.38. The van der Waals surface area contributed by atoms with Gasteiger partial charge in [-0.3, -0.25) is 0 Å². The smallest absolute Gasteiger partial charge is 0.402 e. The van der Waals surface area contributed by atoms with E-state index in [0.717, 1.165) is 0 Å². The highest BCUT2D eigenvalue weighted by Crippen LogP contribution is 2.19. The van der Waals surface area contributed by atoms with Gasteiger partial charge in [-0.2, -0.15) is 0 Å². The minimum absolute atomic E-state index is 0.0317. The average molecular weight is 185 g/mol. The first kappa shape index (κ1) is 9.32. The van der Waals surface area contributed by atoms with Gasteiger partial charge in [-0.05, 0) is 20.0 Å². The molecule has 68 valence electrons. The molecule has 0 N–H and O–H groups in total. The van der Waals surface area contributed by atoms with Gasteiger partial charge >= 0.3 is 6.09 Å². The summed E-state index contributed by atoms with van der Waals surface area (Å²) >= 11 is 0. The van der Waals surface area contributed by atoms with Gasteiger partial charge in [0, 0.05) is 0 Å². The minimum Gasteiger partial charge on any atom is -0.445 e. The standard InChI is InChI=1S/C8H15NO2Si/c1-5-12(3,4)9-6-7(2)11-8(9)10/h5,7H,1,6H2,2-4H3. The lowest BCUT2D eigenvalue weighted by Crippen LogP contribution is -2.47. The molecule has 1 saturated heterocycles. The number of carbonyl (C=O) groups is 1. The van der Waals surface area contributed by atoms with E-state index in [1.165, 1.54) is 0 Å². The monoisotopic (exact) mass is 185 g/mol. The van der Waals surface area contributed by atoms with Crippen LogP contribution in [-0.4, -0.2) is 31.5 Å². The Labute approximate surface area is 74.1 Å². The van der Waals surface area contributed by atoms with Crippen molar-refractivity contribution in [3.05, 3.63) is 12.3 Å². The fourth-order valence-electron chi connectivity index (χ4n) is 1.19. The summed E-state index contributed by atoms with van der Waals surface area (Å²) in [7, 11) is -1.73. The van der Waals surface area contributed by atoms with E-state index in [4.69, 9.17) is 4.74 Å². The van der Waals surface area contributed by atoms with E-state index in [1.807, 2.05) is 17.2 Å². The maximum atomic E-state index is 11.3. The average Bonchev–Trinajstić information content (AvgIpc) is 2.31. The van der Waals surface area contributed by atoms with Crippen LogP contribution in [0.3, 0.4) is 0 Å². The van der Waals surface area contributed by atoms with Gasteiger partial charge in [0.15, 0.2) is 8.24 Å². The van der Waals surface area contributed by atoms with E-state index >= 15 is 0 Å². The van der Waals surface area contributed by atoms with Gasteiger partial charge in [-0.15, -0.1) is 6.58 Å². The summed E-state index contributed by atoms with van der Waals surface area (Å²) in [6, 6.07) is 0. The first-order chi connectivity index (χ1) is 5.47. The van der Waals surface area contributed by atoms with Crippen LogP contribution in [0.25, 0.3) is 0 Å². The van der Waals surface area contributed by atoms with Gasteiger partial charge in [-0.25, -0.2) is 4.79 Å². The Bertz CT molecular complexity index is 215. The van der Waals surface area contributed by atoms with Gasteiger partial charge < -0.3 is 9.30 Å². The summed E-state index contributed by atoms with van der Waals surface area (Å²) in [5.74, 6) is 0. The van der Waals surface area contributed by atoms with Crippen LogP contribution in [0.1, 0.15) is 6.92 Å². The molecule has 1 heterocycles. The molecule has 1 amide bonds. The van der Waals surface area contributed by atoms with Gasteiger partial charge in [0.2, 0.25) is 0 Å². The molecule has 0 saturated carbocycles. The number of amides is 1. The first-order valence-electron chi connectivity index (χ1n) is 4.09. The highest BCUT2D eigenvalue weighted by atomic mass is 28.3. The van der Waals surface area contributed by atoms with Crippen LogP contribution in [0.4, 0.5) is 4.79 Å². The number of hydrogen-bond acceptors (Lipinski definition) is 2. The molecular weight excluding hydrogens is 170 g/mol. The Morgan fingerprint density at radius 1 is 1.75 bits per heavy atom. The Morgan fingerprint density at radius 3 is 2.67 bits per heavy atom. The van der Waals surface area contributed by atoms with Crippen LogP contribution in [0, 0.1) is 0 Å². The summed E-state index contributed by atoms with van der Waals surface area (Å²) in [6.07, 6.45) is -0.150. The molecule has 0 aromatic heterocycles. The quantitative estimate of drug-likeness (QED) is 0.613. The molecule has 4 heteroatoms. The Kier molecular flexibility index (Phi) is 2.28. The Balaban J connectivity index is 2.76. The van der Waals surface area contributed by atoms with Crippen LogP contribution >= 0.6 is 0 Å². The van der Waals surface area contributed by atoms with Crippen LogP contribution < -0.4 is 0 Å². The summed E-state index contributed by atoms with van der Waals surface area (Å²) in [5, 5.41) is 0. The molecule has 1 atom stereocenters. The molecule has 0 radical (unpaired) electrons. The van der Waals surface area contributed by atoms with Crippen LogP contribution in [-0.2, 0) is 4.74 Å². The van der Waals surface area contributed by atoms with Crippen molar-refractivity contribution in [1.29, 1.82) is 0 Å². The largest absolute Gasteiger partial charge is 0.445 e. The zero-order chi connectivity index (χ0) is 9.35. The third kappa shape index (κ3) is 1.53. The number of cyclic esters (lactones) is 1. The van der Waals surface area contributed by atoms with Crippen molar-refractivity contribution in [2.75, 3.05) is 6.54 Å². The summed E-state index contributed by atoms with van der Waals surface area (Å²) in [6.45, 7) is 10.5. The fraction of sp³-hybridized carbons (Fsp3) is 0.625. The topological polar surface area (TPSA) is 29.5 Å². The van der Waals surface area contributed by atoms with Gasteiger partial charge in [0.05, 0.1) is 6.54 Å². The molecule has 12 heavy (non-hydrogen) atoms. The van der Waals surface area contributed by atoms with E-state index in [-0.39, 0.29) is 12.2 Å². The number of nitrogens with zero attached hydrogens (tertiary/aromatic N) is 1. The lowest BCUT2D eigenvalue weighted by molar-refractivity contribution is 0.144. The SMILES string of the molecule is C=C[Si](C)(C)N1CC(C)OC1=O. The molecule has 0 bridgehead atoms. The first-order valence-corrected chi connectivity index (χ1v) is 7.11. The van der Waals surface area contributed by atoms with E-state index < -0.39 is 8.24 Å². The van der Waals surface area contributed by atoms with Gasteiger partial charge in [-0.1, -0.05) is 5.70 Å². The van der Waals surface area contributed by atoms with Crippen molar-refractivity contribution in [3.63, 3.8) is 0 Å². The predicted octanol–water partition coefficient (Wildman–Crippen LogP) is 1.76. The van der Waals surface area contributed by atoms with Crippen LogP contribution in [0.2, 0.25) is 13.1 Å². The second-order valence-corrected chi connectivity index (χ2v) is 7.92. The van der Waals surface area contributed by atoms with Gasteiger partial charge in [0.25, 0.3) is 0 Å². The second-order valence-electron chi connectivity index (χ2n) is 3.66. The molecule has 1 aliphatic rings. The minimum atomic E-state index is -1.73. The number of ether oxygens (including phenoxy) is 1. The van der Waals surface area contributed by atoms with E-state index in [9.17, 15) is 4.79 Å². The fourth-order valence-corrected chi connectivity index (χ4v) is 2.66. The molecule has 1 rings (SSSR count). The number of rotatable bonds is 2. The molecule has 1 aliphatic heterocycles. The van der Waals surface area contributed by atoms with Crippen molar-refractivity contribution in [1.82, 2.24) is 4.57 Å². The van der Waals surface area contributed by atoms with Crippen LogP contribution in [0.5, 0.6) is 0 Å². The van der Waals surface area contributed by atoms with Crippen molar-refractivity contribution < 1.29 is 9.53 Å². The molecule has 0 aromatic rings. The zero-order valence-electron chi connectivity index (χ0n) is 7.83. The highest BCUT2D eigenvalue weighted by molar-refractivity contribution is 6.81. The molecule has 1 fully saturated rings. The number of hydrogen-bond donors (Lipinski definition) is 0. The van der Waals surface area contributed by atoms with Crippen molar-refractivity contribution >= 4 is 14.3 Å². The molecule has 3 nitrogen and oxygen atoms in total. The zero-order valence-corrected chi connectivity index (χ0v) is 8.83. The Hall–Kier alpha value is -0.773.